The number of morpholine rings is 1. The number of aromatic nitrogens is 1. The normalized spacial score (nSPS) is 21.2. The van der Waals surface area contributed by atoms with E-state index in [0.29, 0.717) is 19.1 Å². The third-order valence-electron chi connectivity index (χ3n) is 4.78. The van der Waals surface area contributed by atoms with Gasteiger partial charge in [0.2, 0.25) is 0 Å². The summed E-state index contributed by atoms with van der Waals surface area (Å²) < 4.78 is 11.1. The molecular weight excluding hydrogens is 318 g/mol. The van der Waals surface area contributed by atoms with Gasteiger partial charge < -0.3 is 14.6 Å². The minimum absolute atomic E-state index is 0.119. The van der Waals surface area contributed by atoms with Gasteiger partial charge in [-0.05, 0) is 25.3 Å². The maximum absolute atomic E-state index is 12.7. The quantitative estimate of drug-likeness (QED) is 0.906. The highest BCUT2D eigenvalue weighted by Gasteiger charge is 2.34. The molecule has 0 unspecified atom stereocenters. The molecule has 25 heavy (non-hydrogen) atoms. The third kappa shape index (κ3) is 3.75. The van der Waals surface area contributed by atoms with Gasteiger partial charge in [-0.2, -0.15) is 0 Å². The lowest BCUT2D eigenvalue weighted by molar-refractivity contribution is -0.133. The topological polar surface area (TPSA) is 67.6 Å². The Balaban J connectivity index is 1.39. The van der Waals surface area contributed by atoms with Crippen molar-refractivity contribution in [3.05, 3.63) is 47.3 Å². The molecule has 1 atom stereocenters. The minimum atomic E-state index is -0.473. The average molecular weight is 341 g/mol. The number of hydrogen-bond donors (Lipinski definition) is 1. The number of benzene rings is 1. The summed E-state index contributed by atoms with van der Waals surface area (Å²) in [6.45, 7) is 4.66. The number of rotatable bonds is 5. The maximum atomic E-state index is 12.7. The number of carbonyl (C=O) groups is 1. The molecule has 1 aromatic heterocycles. The number of aryl methyl sites for hydroxylation is 1. The number of anilines is 1. The van der Waals surface area contributed by atoms with Gasteiger partial charge in [0.05, 0.1) is 6.61 Å². The van der Waals surface area contributed by atoms with Crippen LogP contribution in [0.1, 0.15) is 35.8 Å². The number of ether oxygens (including phenoxy) is 1. The van der Waals surface area contributed by atoms with Crippen LogP contribution in [-0.4, -0.2) is 41.8 Å². The Morgan fingerprint density at radius 2 is 2.12 bits per heavy atom. The fourth-order valence-electron chi connectivity index (χ4n) is 3.21. The second kappa shape index (κ2) is 6.98. The van der Waals surface area contributed by atoms with Crippen molar-refractivity contribution in [1.82, 2.24) is 10.1 Å². The van der Waals surface area contributed by atoms with Crippen LogP contribution in [0, 0.1) is 6.92 Å². The Morgan fingerprint density at radius 1 is 1.32 bits per heavy atom. The number of nitrogens with zero attached hydrogens (tertiary/aromatic N) is 2. The van der Waals surface area contributed by atoms with Gasteiger partial charge in [0.25, 0.3) is 5.91 Å². The molecule has 0 spiro atoms. The lowest BCUT2D eigenvalue weighted by atomic mass is 10.1. The van der Waals surface area contributed by atoms with E-state index in [0.717, 1.165) is 43.1 Å². The summed E-state index contributed by atoms with van der Waals surface area (Å²) in [5.41, 5.74) is 2.71. The first kappa shape index (κ1) is 16.3. The molecule has 2 aromatic rings. The Hall–Kier alpha value is -2.18. The van der Waals surface area contributed by atoms with Crippen LogP contribution in [0.4, 0.5) is 5.69 Å². The highest BCUT2D eigenvalue weighted by Crippen LogP contribution is 2.44. The molecule has 1 N–H and O–H groups in total. The summed E-state index contributed by atoms with van der Waals surface area (Å²) in [4.78, 5) is 14.9. The minimum Gasteiger partial charge on any atom is -0.366 e. The number of amides is 1. The third-order valence-corrected chi connectivity index (χ3v) is 4.78. The molecule has 1 amide bonds. The van der Waals surface area contributed by atoms with Crippen LogP contribution in [-0.2, 0) is 16.1 Å². The molecule has 0 radical (unpaired) electrons. The predicted octanol–water partition coefficient (Wildman–Crippen LogP) is 2.70. The first-order valence-corrected chi connectivity index (χ1v) is 8.85. The molecule has 0 bridgehead atoms. The Morgan fingerprint density at radius 3 is 2.88 bits per heavy atom. The lowest BCUT2D eigenvalue weighted by Crippen LogP contribution is -2.47. The molecule has 1 saturated heterocycles. The van der Waals surface area contributed by atoms with Gasteiger partial charge in [0, 0.05) is 25.6 Å². The van der Waals surface area contributed by atoms with Crippen LogP contribution in [0.5, 0.6) is 0 Å². The average Bonchev–Trinajstić information content (AvgIpc) is 3.41. The van der Waals surface area contributed by atoms with Gasteiger partial charge in [-0.3, -0.25) is 9.69 Å². The summed E-state index contributed by atoms with van der Waals surface area (Å²) in [5.74, 6) is 1.09. The SMILES string of the molecule is Cc1noc(C2CC2)c1NC(=O)[C@H]1CN(Cc2ccccc2)CCO1. The van der Waals surface area contributed by atoms with Crippen molar-refractivity contribution in [2.45, 2.75) is 38.3 Å². The van der Waals surface area contributed by atoms with Crippen molar-refractivity contribution in [3.63, 3.8) is 0 Å². The van der Waals surface area contributed by atoms with E-state index in [4.69, 9.17) is 9.26 Å². The molecule has 1 aliphatic heterocycles. The molecule has 6 nitrogen and oxygen atoms in total. The van der Waals surface area contributed by atoms with Gasteiger partial charge in [0.15, 0.2) is 5.76 Å². The second-order valence-corrected chi connectivity index (χ2v) is 6.85. The molecule has 2 fully saturated rings. The first-order valence-electron chi connectivity index (χ1n) is 8.85. The monoisotopic (exact) mass is 341 g/mol. The fraction of sp³-hybridized carbons (Fsp3) is 0.474. The van der Waals surface area contributed by atoms with Crippen LogP contribution < -0.4 is 5.32 Å². The van der Waals surface area contributed by atoms with Crippen molar-refractivity contribution in [2.24, 2.45) is 0 Å². The molecule has 1 aromatic carbocycles. The molecular formula is C19H23N3O3. The summed E-state index contributed by atoms with van der Waals surface area (Å²) in [6, 6.07) is 10.3. The molecule has 2 heterocycles. The highest BCUT2D eigenvalue weighted by atomic mass is 16.5. The van der Waals surface area contributed by atoms with Crippen molar-refractivity contribution >= 4 is 11.6 Å². The Labute approximate surface area is 147 Å². The standard InChI is InChI=1S/C19H23N3O3/c1-13-17(18(25-21-13)15-7-8-15)20-19(23)16-12-22(9-10-24-16)11-14-5-3-2-4-6-14/h2-6,15-16H,7-12H2,1H3,(H,20,23)/t16-/m1/s1. The number of nitrogens with one attached hydrogen (secondary N) is 1. The Bertz CT molecular complexity index is 740. The summed E-state index contributed by atoms with van der Waals surface area (Å²) in [5, 5.41) is 6.99. The maximum Gasteiger partial charge on any atom is 0.254 e. The zero-order chi connectivity index (χ0) is 17.2. The van der Waals surface area contributed by atoms with E-state index in [1.165, 1.54) is 5.56 Å². The smallest absolute Gasteiger partial charge is 0.254 e. The summed E-state index contributed by atoms with van der Waals surface area (Å²) in [6.07, 6.45) is 1.73. The summed E-state index contributed by atoms with van der Waals surface area (Å²) >= 11 is 0. The lowest BCUT2D eigenvalue weighted by Gasteiger charge is -2.32. The zero-order valence-electron chi connectivity index (χ0n) is 14.4. The molecule has 6 heteroatoms. The number of carbonyl (C=O) groups excluding carboxylic acids is 1. The van der Waals surface area contributed by atoms with E-state index in [-0.39, 0.29) is 5.91 Å². The van der Waals surface area contributed by atoms with Crippen molar-refractivity contribution < 1.29 is 14.1 Å². The van der Waals surface area contributed by atoms with Crippen LogP contribution >= 0.6 is 0 Å². The molecule has 132 valence electrons. The van der Waals surface area contributed by atoms with E-state index in [9.17, 15) is 4.79 Å². The van der Waals surface area contributed by atoms with Gasteiger partial charge in [-0.25, -0.2) is 0 Å². The second-order valence-electron chi connectivity index (χ2n) is 6.85. The van der Waals surface area contributed by atoms with Gasteiger partial charge in [-0.1, -0.05) is 35.5 Å². The number of hydrogen-bond acceptors (Lipinski definition) is 5. The van der Waals surface area contributed by atoms with Crippen molar-refractivity contribution in [1.29, 1.82) is 0 Å². The zero-order valence-corrected chi connectivity index (χ0v) is 14.4. The van der Waals surface area contributed by atoms with Gasteiger partial charge in [-0.15, -0.1) is 0 Å². The van der Waals surface area contributed by atoms with Crippen molar-refractivity contribution in [3.8, 4) is 0 Å². The predicted molar refractivity (Wildman–Crippen MR) is 93.3 cm³/mol. The molecule has 1 saturated carbocycles. The van der Waals surface area contributed by atoms with Crippen LogP contribution in [0.3, 0.4) is 0 Å². The van der Waals surface area contributed by atoms with Gasteiger partial charge in [0.1, 0.15) is 17.5 Å². The largest absolute Gasteiger partial charge is 0.366 e. The Kier molecular flexibility index (Phi) is 4.55. The van der Waals surface area contributed by atoms with E-state index < -0.39 is 6.10 Å². The van der Waals surface area contributed by atoms with Crippen LogP contribution in [0.25, 0.3) is 0 Å². The summed E-state index contributed by atoms with van der Waals surface area (Å²) in [7, 11) is 0. The van der Waals surface area contributed by atoms with E-state index in [1.807, 2.05) is 25.1 Å². The first-order chi connectivity index (χ1) is 12.2. The molecule has 1 aliphatic carbocycles. The fourth-order valence-corrected chi connectivity index (χ4v) is 3.21. The van der Waals surface area contributed by atoms with E-state index >= 15 is 0 Å². The van der Waals surface area contributed by atoms with E-state index in [2.05, 4.69) is 27.5 Å². The highest BCUT2D eigenvalue weighted by molar-refractivity contribution is 5.95. The van der Waals surface area contributed by atoms with Crippen LogP contribution in [0.2, 0.25) is 0 Å². The van der Waals surface area contributed by atoms with E-state index in [1.54, 1.807) is 0 Å². The van der Waals surface area contributed by atoms with Crippen LogP contribution in [0.15, 0.2) is 34.9 Å². The van der Waals surface area contributed by atoms with Crippen molar-refractivity contribution in [2.75, 3.05) is 25.0 Å². The van der Waals surface area contributed by atoms with Gasteiger partial charge >= 0.3 is 0 Å². The molecule has 4 rings (SSSR count). The molecule has 2 aliphatic rings.